The Balaban J connectivity index is 3.57. The normalized spacial score (nSPS) is 17.3. The predicted molar refractivity (Wildman–Crippen MR) is 46.2 cm³/mol. The molecule has 0 aliphatic carbocycles. The van der Waals surface area contributed by atoms with Crippen LogP contribution in [0.1, 0.15) is 34.1 Å². The molecular formula is C7H17NOS. The highest BCUT2D eigenvalue weighted by Gasteiger charge is 2.06. The van der Waals surface area contributed by atoms with Crippen LogP contribution in [-0.4, -0.2) is 15.5 Å². The van der Waals surface area contributed by atoms with Gasteiger partial charge < -0.3 is 0 Å². The number of hydrogen-bond acceptors (Lipinski definition) is 1. The van der Waals surface area contributed by atoms with Gasteiger partial charge in [0.05, 0.1) is 11.0 Å². The first-order chi connectivity index (χ1) is 4.57. The van der Waals surface area contributed by atoms with E-state index in [1.54, 1.807) is 0 Å². The van der Waals surface area contributed by atoms with E-state index in [1.165, 1.54) is 0 Å². The van der Waals surface area contributed by atoms with Crippen molar-refractivity contribution in [3.05, 3.63) is 0 Å². The lowest BCUT2D eigenvalue weighted by atomic mass is 10.3. The Labute approximate surface area is 66.0 Å². The summed E-state index contributed by atoms with van der Waals surface area (Å²) in [5.41, 5.74) is 0. The molecule has 10 heavy (non-hydrogen) atoms. The van der Waals surface area contributed by atoms with Gasteiger partial charge in [-0.2, -0.15) is 0 Å². The van der Waals surface area contributed by atoms with Crippen LogP contribution in [0.5, 0.6) is 0 Å². The number of nitrogens with one attached hydrogen (secondary N) is 1. The second-order valence-electron chi connectivity index (χ2n) is 2.77. The van der Waals surface area contributed by atoms with Gasteiger partial charge in [-0.1, -0.05) is 6.92 Å². The third-order valence-electron chi connectivity index (χ3n) is 1.36. The van der Waals surface area contributed by atoms with Gasteiger partial charge in [0.1, 0.15) is 0 Å². The summed E-state index contributed by atoms with van der Waals surface area (Å²) in [5, 5.41) is 0.217. The lowest BCUT2D eigenvalue weighted by Gasteiger charge is -2.12. The van der Waals surface area contributed by atoms with E-state index >= 15 is 0 Å². The van der Waals surface area contributed by atoms with E-state index < -0.39 is 11.0 Å². The van der Waals surface area contributed by atoms with Crippen molar-refractivity contribution in [1.29, 1.82) is 0 Å². The molecule has 0 aromatic heterocycles. The first kappa shape index (κ1) is 10.1. The van der Waals surface area contributed by atoms with Gasteiger partial charge in [-0.15, -0.1) is 0 Å². The predicted octanol–water partition coefficient (Wildman–Crippen LogP) is 1.45. The Morgan fingerprint density at radius 1 is 1.40 bits per heavy atom. The Bertz CT molecular complexity index is 114. The van der Waals surface area contributed by atoms with Crippen molar-refractivity contribution in [2.24, 2.45) is 0 Å². The van der Waals surface area contributed by atoms with Crippen LogP contribution in [0.3, 0.4) is 0 Å². The van der Waals surface area contributed by atoms with E-state index in [2.05, 4.69) is 11.6 Å². The quantitative estimate of drug-likeness (QED) is 0.667. The third-order valence-corrected chi connectivity index (χ3v) is 2.85. The monoisotopic (exact) mass is 163 g/mol. The molecule has 0 aliphatic rings. The SMILES string of the molecule is CCC(C)NS(=O)C(C)C. The second-order valence-corrected chi connectivity index (χ2v) is 4.55. The zero-order chi connectivity index (χ0) is 8.15. The Morgan fingerprint density at radius 2 is 1.90 bits per heavy atom. The van der Waals surface area contributed by atoms with Crippen molar-refractivity contribution in [2.75, 3.05) is 0 Å². The van der Waals surface area contributed by atoms with Crippen LogP contribution >= 0.6 is 0 Å². The minimum atomic E-state index is -0.852. The molecule has 0 aliphatic heterocycles. The average Bonchev–Trinajstić information content (AvgIpc) is 1.87. The smallest absolute Gasteiger partial charge is 0.0943 e. The van der Waals surface area contributed by atoms with Crippen molar-refractivity contribution < 1.29 is 4.21 Å². The largest absolute Gasteiger partial charge is 0.243 e. The first-order valence-corrected chi connectivity index (χ1v) is 4.96. The maximum absolute atomic E-state index is 11.1. The minimum absolute atomic E-state index is 0.217. The van der Waals surface area contributed by atoms with Gasteiger partial charge in [-0.05, 0) is 27.2 Å². The minimum Gasteiger partial charge on any atom is -0.243 e. The first-order valence-electron chi connectivity index (χ1n) is 3.74. The fourth-order valence-electron chi connectivity index (χ4n) is 0.418. The van der Waals surface area contributed by atoms with Crippen LogP contribution in [0.15, 0.2) is 0 Å². The molecule has 2 unspecified atom stereocenters. The van der Waals surface area contributed by atoms with Crippen LogP contribution in [0.25, 0.3) is 0 Å². The molecule has 3 heteroatoms. The Hall–Kier alpha value is 0.110. The van der Waals surface area contributed by atoms with Crippen molar-refractivity contribution in [3.8, 4) is 0 Å². The molecule has 0 bridgehead atoms. The van der Waals surface area contributed by atoms with Crippen LogP contribution in [0, 0.1) is 0 Å². The molecule has 0 fully saturated rings. The molecule has 0 saturated heterocycles. The summed E-state index contributed by atoms with van der Waals surface area (Å²) in [6.45, 7) is 8.02. The lowest BCUT2D eigenvalue weighted by molar-refractivity contribution is 0.618. The zero-order valence-corrected chi connectivity index (χ0v) is 7.99. The highest BCUT2D eigenvalue weighted by Crippen LogP contribution is 1.94. The van der Waals surface area contributed by atoms with Gasteiger partial charge in [0.2, 0.25) is 0 Å². The van der Waals surface area contributed by atoms with Crippen LogP contribution in [0.2, 0.25) is 0 Å². The third kappa shape index (κ3) is 4.01. The van der Waals surface area contributed by atoms with E-state index in [1.807, 2.05) is 20.8 Å². The maximum atomic E-state index is 11.1. The average molecular weight is 163 g/mol. The van der Waals surface area contributed by atoms with Crippen LogP contribution in [0.4, 0.5) is 0 Å². The Morgan fingerprint density at radius 3 is 2.20 bits per heavy atom. The molecule has 0 radical (unpaired) electrons. The van der Waals surface area contributed by atoms with Crippen LogP contribution < -0.4 is 4.72 Å². The molecule has 1 N–H and O–H groups in total. The molecule has 0 rings (SSSR count). The molecule has 0 heterocycles. The number of hydrogen-bond donors (Lipinski definition) is 1. The maximum Gasteiger partial charge on any atom is 0.0943 e. The molecule has 62 valence electrons. The van der Waals surface area contributed by atoms with Gasteiger partial charge in [0.15, 0.2) is 0 Å². The highest BCUT2D eigenvalue weighted by molar-refractivity contribution is 7.83. The Kier molecular flexibility index (Phi) is 4.91. The van der Waals surface area contributed by atoms with Crippen LogP contribution in [-0.2, 0) is 11.0 Å². The van der Waals surface area contributed by atoms with E-state index in [0.29, 0.717) is 6.04 Å². The summed E-state index contributed by atoms with van der Waals surface area (Å²) in [5.74, 6) is 0. The van der Waals surface area contributed by atoms with Crippen molar-refractivity contribution in [1.82, 2.24) is 4.72 Å². The summed E-state index contributed by atoms with van der Waals surface area (Å²) in [7, 11) is -0.852. The molecule has 0 saturated carbocycles. The zero-order valence-electron chi connectivity index (χ0n) is 7.18. The summed E-state index contributed by atoms with van der Waals surface area (Å²) in [6, 6.07) is 0.364. The molecular weight excluding hydrogens is 146 g/mol. The lowest BCUT2D eigenvalue weighted by Crippen LogP contribution is -2.31. The molecule has 0 aromatic carbocycles. The van der Waals surface area contributed by atoms with Crippen molar-refractivity contribution in [2.45, 2.75) is 45.4 Å². The van der Waals surface area contributed by atoms with Gasteiger partial charge in [-0.3, -0.25) is 0 Å². The number of rotatable bonds is 4. The summed E-state index contributed by atoms with van der Waals surface area (Å²) in [4.78, 5) is 0. The van der Waals surface area contributed by atoms with Gasteiger partial charge >= 0.3 is 0 Å². The second kappa shape index (κ2) is 4.85. The van der Waals surface area contributed by atoms with Gasteiger partial charge in [0.25, 0.3) is 0 Å². The van der Waals surface area contributed by atoms with Gasteiger partial charge in [0, 0.05) is 11.3 Å². The summed E-state index contributed by atoms with van der Waals surface area (Å²) < 4.78 is 14.1. The molecule has 0 aromatic rings. The highest BCUT2D eigenvalue weighted by atomic mass is 32.2. The van der Waals surface area contributed by atoms with E-state index in [9.17, 15) is 4.21 Å². The molecule has 2 atom stereocenters. The molecule has 0 amide bonds. The molecule has 0 spiro atoms. The topological polar surface area (TPSA) is 29.1 Å². The van der Waals surface area contributed by atoms with E-state index in [4.69, 9.17) is 0 Å². The molecule has 2 nitrogen and oxygen atoms in total. The fraction of sp³-hybridized carbons (Fsp3) is 1.00. The van der Waals surface area contributed by atoms with E-state index in [-0.39, 0.29) is 5.25 Å². The summed E-state index contributed by atoms with van der Waals surface area (Å²) >= 11 is 0. The van der Waals surface area contributed by atoms with Gasteiger partial charge in [-0.25, -0.2) is 8.93 Å². The van der Waals surface area contributed by atoms with E-state index in [0.717, 1.165) is 6.42 Å². The summed E-state index contributed by atoms with van der Waals surface area (Å²) in [6.07, 6.45) is 1.03. The standard InChI is InChI=1S/C7H17NOS/c1-5-7(4)8-10(9)6(2)3/h6-8H,5H2,1-4H3. The fourth-order valence-corrected chi connectivity index (χ4v) is 1.25. The van der Waals surface area contributed by atoms with Crippen molar-refractivity contribution in [3.63, 3.8) is 0 Å². The van der Waals surface area contributed by atoms with Crippen molar-refractivity contribution >= 4 is 11.0 Å².